The minimum atomic E-state index is 0.171. The number of nitrogens with zero attached hydrogens (tertiary/aromatic N) is 1. The second-order valence-electron chi connectivity index (χ2n) is 5.65. The first-order valence-electron chi connectivity index (χ1n) is 7.52. The average molecular weight is 321 g/mol. The predicted octanol–water partition coefficient (Wildman–Crippen LogP) is 4.24. The van der Waals surface area contributed by atoms with E-state index in [1.54, 1.807) is 0 Å². The van der Waals surface area contributed by atoms with Gasteiger partial charge in [0.25, 0.3) is 0 Å². The van der Waals surface area contributed by atoms with Crippen LogP contribution in [-0.4, -0.2) is 12.6 Å². The molecule has 1 aromatic heterocycles. The van der Waals surface area contributed by atoms with E-state index in [0.717, 1.165) is 37.4 Å². The number of hydrogen-bond donors (Lipinski definition) is 1. The van der Waals surface area contributed by atoms with E-state index >= 15 is 0 Å². The maximum Gasteiger partial charge on any atom is 0.0459 e. The van der Waals surface area contributed by atoms with Gasteiger partial charge >= 0.3 is 0 Å². The summed E-state index contributed by atoms with van der Waals surface area (Å²) in [4.78, 5) is 3.97. The molecule has 0 saturated carbocycles. The Labute approximate surface area is 135 Å². The molecule has 1 atom stereocenters. The molecule has 1 aliphatic heterocycles. The zero-order valence-electron chi connectivity index (χ0n) is 12.3. The third-order valence-electron chi connectivity index (χ3n) is 4.23. The summed E-state index contributed by atoms with van der Waals surface area (Å²) in [5, 5.41) is 3.03. The summed E-state index contributed by atoms with van der Waals surface area (Å²) in [7, 11) is 0. The molecule has 0 aliphatic carbocycles. The van der Waals surface area contributed by atoms with Crippen LogP contribution in [0.2, 0.25) is 5.02 Å². The molecule has 0 amide bonds. The minimum Gasteiger partial charge on any atom is -0.367 e. The van der Waals surface area contributed by atoms with Crippen LogP contribution in [0, 0.1) is 0 Å². The normalized spacial score (nSPS) is 15.9. The second kappa shape index (κ2) is 6.39. The molecule has 0 bridgehead atoms. The highest BCUT2D eigenvalue weighted by Crippen LogP contribution is 2.33. The number of halogens is 1. The lowest BCUT2D eigenvalue weighted by Gasteiger charge is -2.31. The average Bonchev–Trinajstić information content (AvgIpc) is 2.96. The van der Waals surface area contributed by atoms with Gasteiger partial charge in [-0.3, -0.25) is 0 Å². The molecule has 2 heterocycles. The Bertz CT molecular complexity index is 623. The first kappa shape index (κ1) is 14.9. The fraction of sp³-hybridized carbons (Fsp3) is 0.412. The fourth-order valence-electron chi connectivity index (χ4n) is 2.91. The quantitative estimate of drug-likeness (QED) is 0.912. The number of fused-ring (bicyclic) bond motifs is 1. The lowest BCUT2D eigenvalue weighted by Crippen LogP contribution is -2.31. The molecule has 1 aliphatic rings. The van der Waals surface area contributed by atoms with Crippen molar-refractivity contribution in [3.8, 4) is 0 Å². The molecule has 1 unspecified atom stereocenters. The first-order valence-corrected chi connectivity index (χ1v) is 8.78. The van der Waals surface area contributed by atoms with Crippen molar-refractivity contribution in [3.63, 3.8) is 0 Å². The van der Waals surface area contributed by atoms with Gasteiger partial charge in [-0.15, -0.1) is 11.3 Å². The van der Waals surface area contributed by atoms with Crippen LogP contribution in [0.25, 0.3) is 0 Å². The monoisotopic (exact) mass is 320 g/mol. The molecule has 21 heavy (non-hydrogen) atoms. The highest BCUT2D eigenvalue weighted by atomic mass is 35.5. The number of rotatable bonds is 4. The first-order chi connectivity index (χ1) is 10.2. The summed E-state index contributed by atoms with van der Waals surface area (Å²) >= 11 is 8.32. The van der Waals surface area contributed by atoms with Crippen LogP contribution in [0.3, 0.4) is 0 Å². The van der Waals surface area contributed by atoms with Gasteiger partial charge in [-0.05, 0) is 54.0 Å². The van der Waals surface area contributed by atoms with Gasteiger partial charge in [-0.2, -0.15) is 0 Å². The third-order valence-corrected chi connectivity index (χ3v) is 5.61. The summed E-state index contributed by atoms with van der Waals surface area (Å²) < 4.78 is 0. The SMILES string of the molecule is CCC(N)Cc1c(Cl)cccc1N1CCc2sccc2C1. The van der Waals surface area contributed by atoms with Gasteiger partial charge in [0.05, 0.1) is 0 Å². The van der Waals surface area contributed by atoms with Gasteiger partial charge in [0, 0.05) is 34.7 Å². The summed E-state index contributed by atoms with van der Waals surface area (Å²) in [5.74, 6) is 0. The number of benzene rings is 1. The van der Waals surface area contributed by atoms with Crippen LogP contribution in [0.4, 0.5) is 5.69 Å². The Morgan fingerprint density at radius 2 is 2.24 bits per heavy atom. The van der Waals surface area contributed by atoms with Crippen molar-refractivity contribution in [2.75, 3.05) is 11.4 Å². The Morgan fingerprint density at radius 3 is 3.05 bits per heavy atom. The van der Waals surface area contributed by atoms with E-state index in [4.69, 9.17) is 17.3 Å². The van der Waals surface area contributed by atoms with Gasteiger partial charge in [-0.1, -0.05) is 24.6 Å². The third kappa shape index (κ3) is 3.10. The molecule has 2 N–H and O–H groups in total. The zero-order chi connectivity index (χ0) is 14.8. The number of thiophene rings is 1. The van der Waals surface area contributed by atoms with Crippen molar-refractivity contribution in [2.24, 2.45) is 5.73 Å². The molecule has 0 saturated heterocycles. The topological polar surface area (TPSA) is 29.3 Å². The van der Waals surface area contributed by atoms with E-state index < -0.39 is 0 Å². The van der Waals surface area contributed by atoms with Crippen LogP contribution < -0.4 is 10.6 Å². The predicted molar refractivity (Wildman–Crippen MR) is 92.5 cm³/mol. The Kier molecular flexibility index (Phi) is 4.53. The minimum absolute atomic E-state index is 0.171. The van der Waals surface area contributed by atoms with Crippen LogP contribution in [0.5, 0.6) is 0 Å². The molecule has 4 heteroatoms. The summed E-state index contributed by atoms with van der Waals surface area (Å²) in [6.07, 6.45) is 2.94. The molecule has 0 radical (unpaired) electrons. The Hall–Kier alpha value is -1.03. The van der Waals surface area contributed by atoms with Gasteiger partial charge in [0.2, 0.25) is 0 Å². The van der Waals surface area contributed by atoms with Crippen molar-refractivity contribution in [1.82, 2.24) is 0 Å². The summed E-state index contributed by atoms with van der Waals surface area (Å²) in [6.45, 7) is 4.16. The van der Waals surface area contributed by atoms with Crippen LogP contribution in [-0.2, 0) is 19.4 Å². The summed E-state index contributed by atoms with van der Waals surface area (Å²) in [5.41, 5.74) is 10.1. The van der Waals surface area contributed by atoms with Crippen LogP contribution in [0.15, 0.2) is 29.6 Å². The molecular formula is C17H21ClN2S. The van der Waals surface area contributed by atoms with Gasteiger partial charge in [0.15, 0.2) is 0 Å². The zero-order valence-corrected chi connectivity index (χ0v) is 13.9. The Morgan fingerprint density at radius 1 is 1.38 bits per heavy atom. The van der Waals surface area contributed by atoms with Crippen molar-refractivity contribution < 1.29 is 0 Å². The lowest BCUT2D eigenvalue weighted by atomic mass is 10.0. The smallest absolute Gasteiger partial charge is 0.0459 e. The van der Waals surface area contributed by atoms with E-state index in [2.05, 4.69) is 29.3 Å². The van der Waals surface area contributed by atoms with E-state index in [9.17, 15) is 0 Å². The largest absolute Gasteiger partial charge is 0.367 e. The molecule has 0 spiro atoms. The fourth-order valence-corrected chi connectivity index (χ4v) is 4.04. The van der Waals surface area contributed by atoms with Crippen molar-refractivity contribution in [3.05, 3.63) is 50.7 Å². The maximum absolute atomic E-state index is 6.45. The van der Waals surface area contributed by atoms with Gasteiger partial charge in [0.1, 0.15) is 0 Å². The standard InChI is InChI=1S/C17H21ClN2S/c1-2-13(19)10-14-15(18)4-3-5-16(14)20-8-6-17-12(11-20)7-9-21-17/h3-5,7,9,13H,2,6,8,10-11,19H2,1H3. The molecule has 2 nitrogen and oxygen atoms in total. The molecule has 2 aromatic rings. The van der Waals surface area contributed by atoms with E-state index in [1.807, 2.05) is 23.5 Å². The highest BCUT2D eigenvalue weighted by Gasteiger charge is 2.21. The van der Waals surface area contributed by atoms with Gasteiger partial charge in [-0.25, -0.2) is 0 Å². The Balaban J connectivity index is 1.90. The van der Waals surface area contributed by atoms with Crippen molar-refractivity contribution >= 4 is 28.6 Å². The number of anilines is 1. The van der Waals surface area contributed by atoms with E-state index in [-0.39, 0.29) is 6.04 Å². The van der Waals surface area contributed by atoms with Gasteiger partial charge < -0.3 is 10.6 Å². The molecule has 1 aromatic carbocycles. The molecule has 0 fully saturated rings. The van der Waals surface area contributed by atoms with Crippen LogP contribution >= 0.6 is 22.9 Å². The molecule has 112 valence electrons. The second-order valence-corrected chi connectivity index (χ2v) is 7.06. The summed E-state index contributed by atoms with van der Waals surface area (Å²) in [6, 6.07) is 8.62. The van der Waals surface area contributed by atoms with E-state index in [0.29, 0.717) is 0 Å². The lowest BCUT2D eigenvalue weighted by molar-refractivity contribution is 0.642. The highest BCUT2D eigenvalue weighted by molar-refractivity contribution is 7.10. The number of nitrogens with two attached hydrogens (primary N) is 1. The molecule has 3 rings (SSSR count). The van der Waals surface area contributed by atoms with Crippen LogP contribution in [0.1, 0.15) is 29.3 Å². The van der Waals surface area contributed by atoms with E-state index in [1.165, 1.54) is 21.7 Å². The van der Waals surface area contributed by atoms with Crippen molar-refractivity contribution in [2.45, 2.75) is 38.8 Å². The maximum atomic E-state index is 6.45. The number of hydrogen-bond acceptors (Lipinski definition) is 3. The van der Waals surface area contributed by atoms with Crippen molar-refractivity contribution in [1.29, 1.82) is 0 Å². The molecular weight excluding hydrogens is 300 g/mol.